The molecule has 7 heteroatoms. The molecule has 6 rings (SSSR count). The third-order valence-corrected chi connectivity index (χ3v) is 8.45. The Kier molecular flexibility index (Phi) is 8.38. The maximum absolute atomic E-state index is 6.32. The Labute approximate surface area is 250 Å². The van der Waals surface area contributed by atoms with Crippen LogP contribution in [0.2, 0.25) is 10.0 Å². The molecular weight excluding hydrogens is 551 g/mol. The van der Waals surface area contributed by atoms with Gasteiger partial charge in [-0.2, -0.15) is 5.10 Å². The van der Waals surface area contributed by atoms with Crippen molar-refractivity contribution in [2.45, 2.75) is 38.3 Å². The number of nitrogens with zero attached hydrogens (tertiary/aromatic N) is 3. The smallest absolute Gasteiger partial charge is 0.124 e. The Morgan fingerprint density at radius 2 is 1.68 bits per heavy atom. The summed E-state index contributed by atoms with van der Waals surface area (Å²) >= 11 is 12.6. The Balaban J connectivity index is 1.08. The van der Waals surface area contributed by atoms with Gasteiger partial charge in [-0.15, -0.1) is 0 Å². The average molecular weight is 584 g/mol. The average Bonchev–Trinajstić information content (AvgIpc) is 3.40. The zero-order valence-electron chi connectivity index (χ0n) is 22.9. The highest BCUT2D eigenvalue weighted by atomic mass is 35.5. The van der Waals surface area contributed by atoms with Crippen LogP contribution in [0, 0.1) is 0 Å². The van der Waals surface area contributed by atoms with Crippen LogP contribution in [0.5, 0.6) is 5.75 Å². The molecule has 0 aliphatic carbocycles. The largest absolute Gasteiger partial charge is 0.486 e. The first kappa shape index (κ1) is 27.5. The first-order valence-corrected chi connectivity index (χ1v) is 14.8. The minimum atomic E-state index is -0.338. The molecule has 1 atom stereocenters. The van der Waals surface area contributed by atoms with Crippen molar-refractivity contribution in [1.29, 1.82) is 0 Å². The van der Waals surface area contributed by atoms with Crippen molar-refractivity contribution in [2.24, 2.45) is 0 Å². The van der Waals surface area contributed by atoms with E-state index in [0.717, 1.165) is 47.4 Å². The molecule has 1 aliphatic heterocycles. The fraction of sp³-hybridized carbons (Fsp3) is 0.235. The minimum Gasteiger partial charge on any atom is -0.486 e. The van der Waals surface area contributed by atoms with E-state index < -0.39 is 0 Å². The van der Waals surface area contributed by atoms with Gasteiger partial charge in [-0.1, -0.05) is 83.9 Å². The molecule has 1 N–H and O–H groups in total. The van der Waals surface area contributed by atoms with E-state index >= 15 is 0 Å². The predicted molar refractivity (Wildman–Crippen MR) is 168 cm³/mol. The van der Waals surface area contributed by atoms with Gasteiger partial charge in [0.25, 0.3) is 0 Å². The third-order valence-electron chi connectivity index (χ3n) is 7.85. The van der Waals surface area contributed by atoms with Crippen LogP contribution in [0.3, 0.4) is 0 Å². The fourth-order valence-corrected chi connectivity index (χ4v) is 6.28. The zero-order chi connectivity index (χ0) is 28.2. The second-order valence-corrected chi connectivity index (χ2v) is 11.4. The van der Waals surface area contributed by atoms with E-state index in [1.165, 1.54) is 24.0 Å². The van der Waals surface area contributed by atoms with E-state index in [1.807, 2.05) is 31.2 Å². The van der Waals surface area contributed by atoms with Gasteiger partial charge in [0.2, 0.25) is 0 Å². The molecule has 3 aromatic carbocycles. The summed E-state index contributed by atoms with van der Waals surface area (Å²) < 4.78 is 6.19. The molecule has 5 nitrogen and oxygen atoms in total. The highest BCUT2D eigenvalue weighted by molar-refractivity contribution is 6.35. The summed E-state index contributed by atoms with van der Waals surface area (Å²) in [5, 5.41) is 9.57. The van der Waals surface area contributed by atoms with Crippen LogP contribution in [0.15, 0.2) is 85.2 Å². The van der Waals surface area contributed by atoms with Gasteiger partial charge in [0.1, 0.15) is 11.9 Å². The highest BCUT2D eigenvalue weighted by Crippen LogP contribution is 2.34. The van der Waals surface area contributed by atoms with Crippen molar-refractivity contribution in [2.75, 3.05) is 13.1 Å². The molecule has 0 radical (unpaired) electrons. The molecule has 0 bridgehead atoms. The van der Waals surface area contributed by atoms with Gasteiger partial charge in [0, 0.05) is 29.9 Å². The number of aromatic amines is 1. The van der Waals surface area contributed by atoms with Crippen molar-refractivity contribution in [3.63, 3.8) is 0 Å². The van der Waals surface area contributed by atoms with E-state index in [0.29, 0.717) is 21.7 Å². The molecule has 0 saturated carbocycles. The lowest BCUT2D eigenvalue weighted by Gasteiger charge is -2.32. The van der Waals surface area contributed by atoms with Crippen molar-refractivity contribution in [3.8, 4) is 5.75 Å². The first-order chi connectivity index (χ1) is 20.0. The number of likely N-dealkylation sites (tertiary alicyclic amines) is 1. The Morgan fingerprint density at radius 1 is 0.951 bits per heavy atom. The lowest BCUT2D eigenvalue weighted by atomic mass is 9.89. The number of ether oxygens (including phenoxy) is 1. The van der Waals surface area contributed by atoms with Crippen LogP contribution in [-0.4, -0.2) is 33.2 Å². The van der Waals surface area contributed by atoms with Gasteiger partial charge in [0.15, 0.2) is 0 Å². The first-order valence-electron chi connectivity index (χ1n) is 14.0. The van der Waals surface area contributed by atoms with E-state index in [2.05, 4.69) is 80.8 Å². The number of piperidine rings is 1. The van der Waals surface area contributed by atoms with Gasteiger partial charge in [-0.05, 0) is 79.7 Å². The Hall–Kier alpha value is -3.64. The summed E-state index contributed by atoms with van der Waals surface area (Å²) in [7, 11) is 0. The van der Waals surface area contributed by atoms with Crippen LogP contribution in [-0.2, 0) is 6.54 Å². The predicted octanol–water partition coefficient (Wildman–Crippen LogP) is 8.95. The van der Waals surface area contributed by atoms with Gasteiger partial charge in [-0.3, -0.25) is 15.0 Å². The molecule has 0 amide bonds. The van der Waals surface area contributed by atoms with Crippen LogP contribution >= 0.6 is 23.2 Å². The Bertz CT molecular complexity index is 1620. The standard InChI is InChI=1S/C34H32Cl2N4O/c1-23(34-30(35)20-37-21-31(34)36)41-28-12-14-33-29(19-28)32(38-39-33)13-11-24-7-9-25(10-8-24)22-40-17-15-27(16-18-40)26-5-3-2-4-6-26/h2-14,19-21,23,27H,15-18,22H2,1H3,(H,38,39)/b13-11+. The topological polar surface area (TPSA) is 54.0 Å². The number of fused-ring (bicyclic) bond motifs is 1. The maximum atomic E-state index is 6.32. The normalized spacial score (nSPS) is 15.5. The monoisotopic (exact) mass is 582 g/mol. The molecular formula is C34H32Cl2N4O. The molecule has 1 aliphatic rings. The lowest BCUT2D eigenvalue weighted by Crippen LogP contribution is -2.32. The van der Waals surface area contributed by atoms with Crippen molar-refractivity contribution >= 4 is 46.3 Å². The summed E-state index contributed by atoms with van der Waals surface area (Å²) in [5.74, 6) is 1.39. The number of hydrogen-bond donors (Lipinski definition) is 1. The second kappa shape index (κ2) is 12.5. The van der Waals surface area contributed by atoms with Gasteiger partial charge in [0.05, 0.1) is 21.3 Å². The summed E-state index contributed by atoms with van der Waals surface area (Å²) in [6, 6.07) is 25.6. The van der Waals surface area contributed by atoms with Crippen LogP contribution in [0.25, 0.3) is 23.1 Å². The molecule has 3 heterocycles. The van der Waals surface area contributed by atoms with Crippen LogP contribution in [0.1, 0.15) is 59.7 Å². The summed E-state index contributed by atoms with van der Waals surface area (Å²) in [6.45, 7) is 5.19. The number of pyridine rings is 1. The second-order valence-electron chi connectivity index (χ2n) is 10.6. The number of aromatic nitrogens is 3. The quantitative estimate of drug-likeness (QED) is 0.198. The number of H-pyrrole nitrogens is 1. The minimum absolute atomic E-state index is 0.338. The van der Waals surface area contributed by atoms with Crippen LogP contribution in [0.4, 0.5) is 0 Å². The molecule has 1 fully saturated rings. The van der Waals surface area contributed by atoms with Gasteiger partial charge < -0.3 is 4.74 Å². The summed E-state index contributed by atoms with van der Waals surface area (Å²) in [6.07, 6.45) is 9.38. The molecule has 2 aromatic heterocycles. The molecule has 5 aromatic rings. The summed E-state index contributed by atoms with van der Waals surface area (Å²) in [4.78, 5) is 6.59. The Morgan fingerprint density at radius 3 is 2.41 bits per heavy atom. The van der Waals surface area contributed by atoms with Crippen molar-refractivity contribution < 1.29 is 4.74 Å². The van der Waals surface area contributed by atoms with Gasteiger partial charge >= 0.3 is 0 Å². The fourth-order valence-electron chi connectivity index (χ4n) is 5.60. The molecule has 1 saturated heterocycles. The van der Waals surface area contributed by atoms with E-state index in [9.17, 15) is 0 Å². The van der Waals surface area contributed by atoms with Crippen molar-refractivity contribution in [3.05, 3.63) is 123 Å². The molecule has 41 heavy (non-hydrogen) atoms. The highest BCUT2D eigenvalue weighted by Gasteiger charge is 2.20. The van der Waals surface area contributed by atoms with E-state index in [4.69, 9.17) is 27.9 Å². The number of halogens is 2. The number of hydrogen-bond acceptors (Lipinski definition) is 4. The van der Waals surface area contributed by atoms with E-state index in [-0.39, 0.29) is 6.10 Å². The molecule has 208 valence electrons. The maximum Gasteiger partial charge on any atom is 0.124 e. The number of nitrogens with one attached hydrogen (secondary N) is 1. The number of benzene rings is 3. The molecule has 0 spiro atoms. The SMILES string of the molecule is CC(Oc1ccc2[nH]nc(/C=C/c3ccc(CN4CCC(c5ccccc5)CC4)cc3)c2c1)c1c(Cl)cncc1Cl. The zero-order valence-corrected chi connectivity index (χ0v) is 24.4. The van der Waals surface area contributed by atoms with Crippen molar-refractivity contribution in [1.82, 2.24) is 20.1 Å². The lowest BCUT2D eigenvalue weighted by molar-refractivity contribution is 0.204. The van der Waals surface area contributed by atoms with Crippen LogP contribution < -0.4 is 4.74 Å². The molecule has 1 unspecified atom stereocenters. The number of rotatable bonds is 8. The van der Waals surface area contributed by atoms with E-state index in [1.54, 1.807) is 12.4 Å². The third kappa shape index (κ3) is 6.48. The summed E-state index contributed by atoms with van der Waals surface area (Å²) in [5.41, 5.74) is 6.47. The van der Waals surface area contributed by atoms with Gasteiger partial charge in [-0.25, -0.2) is 0 Å².